The molecule has 1 amide bonds. The van der Waals surface area contributed by atoms with E-state index in [0.29, 0.717) is 22.9 Å². The summed E-state index contributed by atoms with van der Waals surface area (Å²) < 4.78 is 5.64. The molecule has 0 saturated carbocycles. The molecular weight excluding hydrogens is 402 g/mol. The van der Waals surface area contributed by atoms with E-state index in [1.807, 2.05) is 20.8 Å². The first-order valence-corrected chi connectivity index (χ1v) is 10.5. The molecule has 0 aliphatic carbocycles. The number of carbonyl (C=O) groups is 2. The average Bonchev–Trinajstić information content (AvgIpc) is 2.97. The first kappa shape index (κ1) is 21.9. The summed E-state index contributed by atoms with van der Waals surface area (Å²) in [4.78, 5) is 27.2. The van der Waals surface area contributed by atoms with Crippen molar-refractivity contribution in [2.45, 2.75) is 45.8 Å². The van der Waals surface area contributed by atoms with Gasteiger partial charge in [-0.05, 0) is 62.2 Å². The Morgan fingerprint density at radius 3 is 2.30 bits per heavy atom. The van der Waals surface area contributed by atoms with Gasteiger partial charge in [-0.2, -0.15) is 0 Å². The SMILES string of the molecule is CCCCN1C(=O)C(=O)/C(=C(\O)c2ccc(OC(C)C)cc2)C1c1ccc(Cl)cc1. The number of ether oxygens (including phenoxy) is 1. The molecule has 30 heavy (non-hydrogen) atoms. The van der Waals surface area contributed by atoms with Crippen LogP contribution in [0.15, 0.2) is 54.1 Å². The summed E-state index contributed by atoms with van der Waals surface area (Å²) in [7, 11) is 0. The van der Waals surface area contributed by atoms with Gasteiger partial charge in [0.2, 0.25) is 0 Å². The molecule has 1 atom stereocenters. The number of halogens is 1. The van der Waals surface area contributed by atoms with E-state index in [1.54, 1.807) is 48.5 Å². The minimum atomic E-state index is -0.675. The number of carbonyl (C=O) groups excluding carboxylic acids is 2. The number of hydrogen-bond donors (Lipinski definition) is 1. The van der Waals surface area contributed by atoms with Gasteiger partial charge in [0.15, 0.2) is 0 Å². The van der Waals surface area contributed by atoms with Crippen LogP contribution in [0.5, 0.6) is 5.75 Å². The second kappa shape index (κ2) is 9.35. The zero-order valence-corrected chi connectivity index (χ0v) is 18.1. The van der Waals surface area contributed by atoms with E-state index in [2.05, 4.69) is 0 Å². The number of aliphatic hydroxyl groups is 1. The first-order chi connectivity index (χ1) is 14.3. The summed E-state index contributed by atoms with van der Waals surface area (Å²) in [5.74, 6) is -0.793. The Bertz CT molecular complexity index is 948. The van der Waals surface area contributed by atoms with Crippen LogP contribution < -0.4 is 4.74 Å². The molecule has 0 radical (unpaired) electrons. The number of amides is 1. The van der Waals surface area contributed by atoms with Gasteiger partial charge in [0.05, 0.1) is 17.7 Å². The Labute approximate surface area is 181 Å². The lowest BCUT2D eigenvalue weighted by Crippen LogP contribution is -2.30. The predicted octanol–water partition coefficient (Wildman–Crippen LogP) is 5.35. The molecule has 1 saturated heterocycles. The van der Waals surface area contributed by atoms with Crippen LogP contribution in [-0.4, -0.2) is 34.3 Å². The second-order valence-electron chi connectivity index (χ2n) is 7.59. The van der Waals surface area contributed by atoms with Crippen LogP contribution in [0.3, 0.4) is 0 Å². The minimum absolute atomic E-state index is 0.0261. The van der Waals surface area contributed by atoms with Crippen LogP contribution in [0, 0.1) is 0 Å². The third kappa shape index (κ3) is 4.51. The molecule has 5 nitrogen and oxygen atoms in total. The number of rotatable bonds is 7. The smallest absolute Gasteiger partial charge is 0.295 e. The molecule has 1 aliphatic heterocycles. The molecule has 1 heterocycles. The van der Waals surface area contributed by atoms with Gasteiger partial charge in [-0.15, -0.1) is 0 Å². The van der Waals surface area contributed by atoms with E-state index in [-0.39, 0.29) is 17.4 Å². The zero-order chi connectivity index (χ0) is 21.8. The van der Waals surface area contributed by atoms with Crippen molar-refractivity contribution in [1.82, 2.24) is 4.90 Å². The van der Waals surface area contributed by atoms with Crippen LogP contribution in [0.2, 0.25) is 5.02 Å². The molecule has 1 aliphatic rings. The summed E-state index contributed by atoms with van der Waals surface area (Å²) in [6.07, 6.45) is 1.67. The lowest BCUT2D eigenvalue weighted by atomic mass is 9.95. The third-order valence-electron chi connectivity index (χ3n) is 4.98. The topological polar surface area (TPSA) is 66.8 Å². The Hall–Kier alpha value is -2.79. The fraction of sp³-hybridized carbons (Fsp3) is 0.333. The molecule has 1 N–H and O–H groups in total. The van der Waals surface area contributed by atoms with Crippen LogP contribution >= 0.6 is 11.6 Å². The quantitative estimate of drug-likeness (QED) is 0.367. The van der Waals surface area contributed by atoms with E-state index in [1.165, 1.54) is 4.90 Å². The largest absolute Gasteiger partial charge is 0.507 e. The first-order valence-electron chi connectivity index (χ1n) is 10.1. The normalized spacial score (nSPS) is 18.3. The fourth-order valence-corrected chi connectivity index (χ4v) is 3.68. The zero-order valence-electron chi connectivity index (χ0n) is 17.4. The molecule has 0 bridgehead atoms. The van der Waals surface area contributed by atoms with Crippen LogP contribution in [0.4, 0.5) is 0 Å². The highest BCUT2D eigenvalue weighted by Gasteiger charge is 2.45. The van der Waals surface area contributed by atoms with Crippen molar-refractivity contribution in [1.29, 1.82) is 0 Å². The molecule has 158 valence electrons. The van der Waals surface area contributed by atoms with Crippen LogP contribution in [0.1, 0.15) is 50.8 Å². The molecule has 1 fully saturated rings. The van der Waals surface area contributed by atoms with E-state index in [9.17, 15) is 14.7 Å². The number of Topliss-reactive ketones (excluding diaryl/α,β-unsaturated/α-hetero) is 1. The average molecular weight is 428 g/mol. The number of benzene rings is 2. The van der Waals surface area contributed by atoms with Crippen molar-refractivity contribution in [3.8, 4) is 5.75 Å². The maximum Gasteiger partial charge on any atom is 0.295 e. The number of nitrogens with zero attached hydrogens (tertiary/aromatic N) is 1. The van der Waals surface area contributed by atoms with E-state index < -0.39 is 17.7 Å². The minimum Gasteiger partial charge on any atom is -0.507 e. The highest BCUT2D eigenvalue weighted by atomic mass is 35.5. The van der Waals surface area contributed by atoms with Crippen LogP contribution in [0.25, 0.3) is 5.76 Å². The monoisotopic (exact) mass is 427 g/mol. The summed E-state index contributed by atoms with van der Waals surface area (Å²) in [5.41, 5.74) is 1.28. The van der Waals surface area contributed by atoms with E-state index in [4.69, 9.17) is 16.3 Å². The lowest BCUT2D eigenvalue weighted by Gasteiger charge is -2.25. The molecule has 2 aromatic rings. The number of aliphatic hydroxyl groups excluding tert-OH is 1. The number of unbranched alkanes of at least 4 members (excludes halogenated alkanes) is 1. The number of ketones is 1. The number of likely N-dealkylation sites (tertiary alicyclic amines) is 1. The maximum absolute atomic E-state index is 12.9. The van der Waals surface area contributed by atoms with Crippen molar-refractivity contribution >= 4 is 29.1 Å². The molecular formula is C24H26ClNO4. The third-order valence-corrected chi connectivity index (χ3v) is 5.23. The van der Waals surface area contributed by atoms with Gasteiger partial charge in [-0.1, -0.05) is 37.1 Å². The van der Waals surface area contributed by atoms with Gasteiger partial charge >= 0.3 is 0 Å². The van der Waals surface area contributed by atoms with Gasteiger partial charge in [0.25, 0.3) is 11.7 Å². The molecule has 0 spiro atoms. The second-order valence-corrected chi connectivity index (χ2v) is 8.03. The standard InChI is InChI=1S/C24H26ClNO4/c1-4-5-14-26-21(16-6-10-18(25)11-7-16)20(23(28)24(26)29)22(27)17-8-12-19(13-9-17)30-15(2)3/h6-13,15,21,27H,4-5,14H2,1-3H3/b22-20-. The maximum atomic E-state index is 12.9. The van der Waals surface area contributed by atoms with Gasteiger partial charge in [-0.25, -0.2) is 0 Å². The Morgan fingerprint density at radius 2 is 1.73 bits per heavy atom. The molecule has 6 heteroatoms. The van der Waals surface area contributed by atoms with Crippen molar-refractivity contribution < 1.29 is 19.4 Å². The van der Waals surface area contributed by atoms with Gasteiger partial charge in [0, 0.05) is 17.1 Å². The Morgan fingerprint density at radius 1 is 1.10 bits per heavy atom. The van der Waals surface area contributed by atoms with Gasteiger partial charge in [-0.3, -0.25) is 9.59 Å². The fourth-order valence-electron chi connectivity index (χ4n) is 3.55. The van der Waals surface area contributed by atoms with Crippen molar-refractivity contribution in [2.24, 2.45) is 0 Å². The Balaban J connectivity index is 2.07. The molecule has 0 aromatic heterocycles. The summed E-state index contributed by atoms with van der Waals surface area (Å²) >= 11 is 6.02. The van der Waals surface area contributed by atoms with Crippen molar-refractivity contribution in [3.05, 3.63) is 70.3 Å². The number of hydrogen-bond acceptors (Lipinski definition) is 4. The highest BCUT2D eigenvalue weighted by molar-refractivity contribution is 6.46. The summed E-state index contributed by atoms with van der Waals surface area (Å²) in [6.45, 7) is 6.32. The van der Waals surface area contributed by atoms with E-state index >= 15 is 0 Å². The predicted molar refractivity (Wildman–Crippen MR) is 118 cm³/mol. The van der Waals surface area contributed by atoms with Gasteiger partial charge < -0.3 is 14.7 Å². The molecule has 2 aromatic carbocycles. The molecule has 1 unspecified atom stereocenters. The van der Waals surface area contributed by atoms with Crippen LogP contribution in [-0.2, 0) is 9.59 Å². The van der Waals surface area contributed by atoms with E-state index in [0.717, 1.165) is 18.4 Å². The highest BCUT2D eigenvalue weighted by Crippen LogP contribution is 2.40. The van der Waals surface area contributed by atoms with Crippen molar-refractivity contribution in [3.63, 3.8) is 0 Å². The molecule has 3 rings (SSSR count). The summed E-state index contributed by atoms with van der Waals surface area (Å²) in [6, 6.07) is 13.2. The Kier molecular flexibility index (Phi) is 6.83. The summed E-state index contributed by atoms with van der Waals surface area (Å²) in [5, 5.41) is 11.6. The lowest BCUT2D eigenvalue weighted by molar-refractivity contribution is -0.139. The van der Waals surface area contributed by atoms with Gasteiger partial charge in [0.1, 0.15) is 11.5 Å². The van der Waals surface area contributed by atoms with Crippen molar-refractivity contribution in [2.75, 3.05) is 6.54 Å².